The van der Waals surface area contributed by atoms with Crippen molar-refractivity contribution in [3.63, 3.8) is 0 Å². The number of rotatable bonds is 14. The summed E-state index contributed by atoms with van der Waals surface area (Å²) < 4.78 is 29.8. The Kier molecular flexibility index (Phi) is 10.0. The predicted molar refractivity (Wildman–Crippen MR) is 194 cm³/mol. The van der Waals surface area contributed by atoms with Crippen molar-refractivity contribution in [2.45, 2.75) is 44.2 Å². The fourth-order valence-electron chi connectivity index (χ4n) is 7.20. The van der Waals surface area contributed by atoms with Gasteiger partial charge in [-0.3, -0.25) is 19.1 Å². The maximum atomic E-state index is 11.4. The SMILES string of the molecule is C[C@H]1[C@@H](OP(O)(=S)OC[C@H]2C[C@@H](n3cnc4c(Cl)ncnc43)[C@@H]2CO)[C@H](n2cnc3c(OCCc4ccc([N+](=O)[O-])cc4)nc4nccn4c32)O[C@@H]1CO. The fraction of sp³-hybridized carbons (Fsp3) is 0.438. The molecule has 19 nitrogen and oxygen atoms in total. The van der Waals surface area contributed by atoms with Gasteiger partial charge in [0.1, 0.15) is 17.9 Å². The van der Waals surface area contributed by atoms with E-state index in [1.165, 1.54) is 24.8 Å². The number of ether oxygens (including phenoxy) is 2. The highest BCUT2D eigenvalue weighted by Gasteiger charge is 2.48. The number of nitrogens with zero attached hydrogens (tertiary/aromatic N) is 10. The molecular weight excluding hydrogens is 767 g/mol. The van der Waals surface area contributed by atoms with Crippen LogP contribution in [-0.2, 0) is 32.0 Å². The largest absolute Gasteiger partial charge is 0.476 e. The number of nitro benzene ring substituents is 1. The zero-order chi connectivity index (χ0) is 37.7. The highest BCUT2D eigenvalue weighted by molar-refractivity contribution is 8.07. The van der Waals surface area contributed by atoms with E-state index in [-0.39, 0.29) is 61.0 Å². The van der Waals surface area contributed by atoms with E-state index in [0.29, 0.717) is 40.9 Å². The highest BCUT2D eigenvalue weighted by Crippen LogP contribution is 2.54. The molecule has 0 spiro atoms. The molecule has 0 radical (unpaired) electrons. The normalized spacial score (nSPS) is 25.3. The summed E-state index contributed by atoms with van der Waals surface area (Å²) in [6.45, 7) is -2.31. The van der Waals surface area contributed by atoms with Crippen LogP contribution in [0.25, 0.3) is 28.1 Å². The van der Waals surface area contributed by atoms with Gasteiger partial charge in [-0.05, 0) is 29.7 Å². The Hall–Kier alpha value is -4.24. The number of aliphatic hydroxyl groups is 2. The van der Waals surface area contributed by atoms with E-state index in [9.17, 15) is 25.2 Å². The van der Waals surface area contributed by atoms with Crippen LogP contribution in [0.15, 0.2) is 55.6 Å². The van der Waals surface area contributed by atoms with Crippen molar-refractivity contribution < 1.29 is 38.6 Å². The van der Waals surface area contributed by atoms with Crippen molar-refractivity contribution in [2.75, 3.05) is 26.4 Å². The number of nitro groups is 1. The minimum Gasteiger partial charge on any atom is -0.476 e. The number of imidazole rings is 3. The average Bonchev–Trinajstić information content (AvgIpc) is 3.94. The second kappa shape index (κ2) is 14.8. The monoisotopic (exact) mass is 800 g/mol. The summed E-state index contributed by atoms with van der Waals surface area (Å²) in [6.07, 6.45) is 6.38. The maximum absolute atomic E-state index is 11.4. The van der Waals surface area contributed by atoms with E-state index >= 15 is 0 Å². The van der Waals surface area contributed by atoms with Crippen molar-refractivity contribution >= 4 is 63.9 Å². The molecule has 1 aliphatic carbocycles. The summed E-state index contributed by atoms with van der Waals surface area (Å²) in [6, 6.07) is 6.09. The smallest absolute Gasteiger partial charge is 0.324 e. The summed E-state index contributed by atoms with van der Waals surface area (Å²) >= 11 is 11.7. The lowest BCUT2D eigenvalue weighted by Gasteiger charge is -2.44. The van der Waals surface area contributed by atoms with Gasteiger partial charge in [0, 0.05) is 55.4 Å². The van der Waals surface area contributed by atoms with Crippen molar-refractivity contribution in [1.82, 2.24) is 43.4 Å². The minimum atomic E-state index is -3.90. The number of hydrogen-bond donors (Lipinski definition) is 3. The van der Waals surface area contributed by atoms with Gasteiger partial charge >= 0.3 is 6.72 Å². The summed E-state index contributed by atoms with van der Waals surface area (Å²) in [5.41, 5.74) is 2.76. The molecule has 8 rings (SSSR count). The van der Waals surface area contributed by atoms with E-state index in [0.717, 1.165) is 5.56 Å². The Morgan fingerprint density at radius 1 is 1.09 bits per heavy atom. The molecule has 1 saturated carbocycles. The van der Waals surface area contributed by atoms with Crippen molar-refractivity contribution in [3.8, 4) is 5.88 Å². The zero-order valence-corrected chi connectivity index (χ0v) is 30.9. The molecule has 2 aliphatic rings. The lowest BCUT2D eigenvalue weighted by molar-refractivity contribution is -0.384. The molecule has 0 amide bonds. The molecule has 1 aromatic carbocycles. The van der Waals surface area contributed by atoms with Gasteiger partial charge < -0.3 is 38.2 Å². The van der Waals surface area contributed by atoms with Crippen molar-refractivity contribution in [1.29, 1.82) is 0 Å². The Morgan fingerprint density at radius 2 is 1.87 bits per heavy atom. The van der Waals surface area contributed by atoms with Gasteiger partial charge in [-0.15, -0.1) is 0 Å². The van der Waals surface area contributed by atoms with E-state index in [4.69, 9.17) is 41.9 Å². The number of halogens is 1. The number of fused-ring (bicyclic) bond motifs is 4. The molecule has 2 fully saturated rings. The molecule has 1 saturated heterocycles. The number of aromatic nitrogens is 9. The van der Waals surface area contributed by atoms with Gasteiger partial charge in [0.25, 0.3) is 5.69 Å². The minimum absolute atomic E-state index is 0.000632. The molecule has 5 aromatic heterocycles. The zero-order valence-electron chi connectivity index (χ0n) is 28.5. The van der Waals surface area contributed by atoms with E-state index in [1.54, 1.807) is 39.8 Å². The third-order valence-corrected chi connectivity index (χ3v) is 12.0. The maximum Gasteiger partial charge on any atom is 0.324 e. The fourth-order valence-corrected chi connectivity index (χ4v) is 8.90. The lowest BCUT2D eigenvalue weighted by atomic mass is 9.70. The topological polar surface area (TPSA) is 232 Å². The third kappa shape index (κ3) is 6.71. The lowest BCUT2D eigenvalue weighted by Crippen LogP contribution is -2.43. The third-order valence-electron chi connectivity index (χ3n) is 10.2. The number of benzene rings is 1. The molecule has 0 bridgehead atoms. The average molecular weight is 801 g/mol. The second-order valence-electron chi connectivity index (χ2n) is 13.2. The van der Waals surface area contributed by atoms with Crippen molar-refractivity contribution in [3.05, 3.63) is 76.5 Å². The molecular formula is C32H34ClN10O9PS. The van der Waals surface area contributed by atoms with Crippen LogP contribution >= 0.6 is 18.3 Å². The first-order chi connectivity index (χ1) is 26.1. The van der Waals surface area contributed by atoms with Crippen LogP contribution in [-0.4, -0.2) is 102 Å². The van der Waals surface area contributed by atoms with Gasteiger partial charge in [-0.1, -0.05) is 30.7 Å². The quantitative estimate of drug-likeness (QED) is 0.0620. The number of non-ortho nitro benzene ring substituents is 1. The Bertz CT molecular complexity index is 2380. The van der Waals surface area contributed by atoms with Crippen LogP contribution in [0.2, 0.25) is 5.15 Å². The summed E-state index contributed by atoms with van der Waals surface area (Å²) in [4.78, 5) is 48.1. The van der Waals surface area contributed by atoms with Crippen LogP contribution < -0.4 is 4.74 Å². The molecule has 54 heavy (non-hydrogen) atoms. The van der Waals surface area contributed by atoms with E-state index in [1.807, 2.05) is 11.5 Å². The molecule has 22 heteroatoms. The first-order valence-electron chi connectivity index (χ1n) is 17.0. The van der Waals surface area contributed by atoms with Gasteiger partial charge in [0.2, 0.25) is 11.7 Å². The standard InChI is InChI=1S/C32H34ClN10O9PS/c1-17-23(12-45)51-31(26(17)52-53(48,54)50-13-19-10-22(21(19)11-44)41-15-37-24-27(33)35-14-36-28(24)41)42-16-38-25-29(39-32-34-7-8-40(32)30(25)42)49-9-6-18-2-4-20(5-3-18)43(46)47/h2-5,7-8,14-17,19,21-23,26,31,44-45H,6,9-13H2,1H3,(H,48,54)/t17-,19-,21-,22-,23-,26-,31-,53?/m1/s1. The number of aliphatic hydroxyl groups excluding tert-OH is 2. The summed E-state index contributed by atoms with van der Waals surface area (Å²) in [5.74, 6) is -0.290. The highest BCUT2D eigenvalue weighted by atomic mass is 35.5. The molecule has 8 atom stereocenters. The molecule has 6 aromatic rings. The van der Waals surface area contributed by atoms with Gasteiger partial charge in [0.05, 0.1) is 43.5 Å². The van der Waals surface area contributed by atoms with E-state index in [2.05, 4.69) is 29.9 Å². The molecule has 1 aliphatic heterocycles. The first-order valence-corrected chi connectivity index (χ1v) is 20.0. The van der Waals surface area contributed by atoms with Crippen LogP contribution in [0, 0.1) is 27.9 Å². The second-order valence-corrected chi connectivity index (χ2v) is 16.3. The van der Waals surface area contributed by atoms with Gasteiger partial charge in [-0.2, -0.15) is 4.98 Å². The van der Waals surface area contributed by atoms with Crippen LogP contribution in [0.1, 0.15) is 31.2 Å². The predicted octanol–water partition coefficient (Wildman–Crippen LogP) is 3.42. The summed E-state index contributed by atoms with van der Waals surface area (Å²) in [5, 5.41) is 31.8. The summed E-state index contributed by atoms with van der Waals surface area (Å²) in [7, 11) is 0. The van der Waals surface area contributed by atoms with E-state index < -0.39 is 36.0 Å². The Balaban J connectivity index is 0.990. The Labute approximate surface area is 315 Å². The Morgan fingerprint density at radius 3 is 2.63 bits per heavy atom. The van der Waals surface area contributed by atoms with Crippen LogP contribution in [0.3, 0.4) is 0 Å². The molecule has 284 valence electrons. The first kappa shape index (κ1) is 36.7. The van der Waals surface area contributed by atoms with Gasteiger partial charge in [-0.25, -0.2) is 24.9 Å². The van der Waals surface area contributed by atoms with Crippen LogP contribution in [0.5, 0.6) is 5.88 Å². The molecule has 6 heterocycles. The van der Waals surface area contributed by atoms with Gasteiger partial charge in [0.15, 0.2) is 28.2 Å². The number of hydrogen-bond acceptors (Lipinski definition) is 15. The molecule has 3 N–H and O–H groups in total. The molecule has 1 unspecified atom stereocenters. The van der Waals surface area contributed by atoms with Crippen molar-refractivity contribution in [2.24, 2.45) is 17.8 Å². The van der Waals surface area contributed by atoms with Crippen LogP contribution in [0.4, 0.5) is 5.69 Å².